The molecular formula is C9H12O4. The molecule has 0 aromatic rings. The van der Waals surface area contributed by atoms with Gasteiger partial charge in [-0.2, -0.15) is 0 Å². The molecule has 2 saturated carbocycles. The number of fused-ring (bicyclic) bond motifs is 2. The molecule has 0 spiro atoms. The Balaban J connectivity index is 2.24. The number of hydrogen-bond acceptors (Lipinski definition) is 2. The van der Waals surface area contributed by atoms with Crippen molar-refractivity contribution in [1.29, 1.82) is 0 Å². The van der Waals surface area contributed by atoms with Crippen LogP contribution in [0.15, 0.2) is 0 Å². The first-order chi connectivity index (χ1) is 6.11. The molecule has 4 heteroatoms. The minimum Gasteiger partial charge on any atom is -0.481 e. The number of carbonyl (C=O) groups is 2. The molecule has 2 N–H and O–H groups in total. The lowest BCUT2D eigenvalue weighted by atomic mass is 9.79. The molecule has 2 bridgehead atoms. The molecule has 0 radical (unpaired) electrons. The molecule has 2 rings (SSSR count). The average molecular weight is 184 g/mol. The minimum absolute atomic E-state index is 0.114. The SMILES string of the molecule is O=C(O)[C@@H]1[C@H]2CC[C@H](C2)[C@@H]1C(=O)O. The number of rotatable bonds is 2. The normalized spacial score (nSPS) is 42.2. The predicted octanol–water partition coefficient (Wildman–Crippen LogP) is 0.818. The molecule has 0 saturated heterocycles. The van der Waals surface area contributed by atoms with E-state index in [1.54, 1.807) is 0 Å². The highest BCUT2D eigenvalue weighted by Gasteiger charge is 2.54. The highest BCUT2D eigenvalue weighted by molar-refractivity contribution is 5.81. The van der Waals surface area contributed by atoms with E-state index < -0.39 is 23.8 Å². The van der Waals surface area contributed by atoms with Crippen LogP contribution >= 0.6 is 0 Å². The second-order valence-electron chi connectivity index (χ2n) is 4.06. The van der Waals surface area contributed by atoms with Gasteiger partial charge in [-0.1, -0.05) is 0 Å². The standard InChI is InChI=1S/C9H12O4/c10-8(11)6-4-1-2-5(3-4)7(6)9(12)13/h4-7H,1-3H2,(H,10,11)(H,12,13)/t4-,5+,6+,7-. The van der Waals surface area contributed by atoms with Gasteiger partial charge in [-0.3, -0.25) is 9.59 Å². The molecular weight excluding hydrogens is 172 g/mol. The van der Waals surface area contributed by atoms with Crippen LogP contribution in [0.2, 0.25) is 0 Å². The summed E-state index contributed by atoms with van der Waals surface area (Å²) in [5.74, 6) is -2.89. The van der Waals surface area contributed by atoms with Gasteiger partial charge in [0, 0.05) is 0 Å². The Morgan fingerprint density at radius 2 is 1.31 bits per heavy atom. The van der Waals surface area contributed by atoms with E-state index in [4.69, 9.17) is 10.2 Å². The Morgan fingerprint density at radius 3 is 1.62 bits per heavy atom. The van der Waals surface area contributed by atoms with Crippen molar-refractivity contribution in [2.75, 3.05) is 0 Å². The largest absolute Gasteiger partial charge is 0.481 e. The molecule has 4 atom stereocenters. The quantitative estimate of drug-likeness (QED) is 0.666. The van der Waals surface area contributed by atoms with Gasteiger partial charge in [0.2, 0.25) is 0 Å². The Labute approximate surface area is 75.6 Å². The molecule has 4 nitrogen and oxygen atoms in total. The predicted molar refractivity (Wildman–Crippen MR) is 43.1 cm³/mol. The van der Waals surface area contributed by atoms with Gasteiger partial charge in [0.15, 0.2) is 0 Å². The first kappa shape index (κ1) is 8.53. The third-order valence-electron chi connectivity index (χ3n) is 3.49. The van der Waals surface area contributed by atoms with Gasteiger partial charge in [0.25, 0.3) is 0 Å². The minimum atomic E-state index is -0.931. The molecule has 2 fully saturated rings. The summed E-state index contributed by atoms with van der Waals surface area (Å²) in [6.45, 7) is 0. The van der Waals surface area contributed by atoms with Gasteiger partial charge >= 0.3 is 11.9 Å². The van der Waals surface area contributed by atoms with E-state index in [2.05, 4.69) is 0 Å². The molecule has 13 heavy (non-hydrogen) atoms. The fourth-order valence-electron chi connectivity index (χ4n) is 3.00. The van der Waals surface area contributed by atoms with Crippen LogP contribution in [0.3, 0.4) is 0 Å². The van der Waals surface area contributed by atoms with Crippen molar-refractivity contribution in [3.05, 3.63) is 0 Å². The summed E-state index contributed by atoms with van der Waals surface area (Å²) in [6.07, 6.45) is 2.59. The number of hydrogen-bond donors (Lipinski definition) is 2. The van der Waals surface area contributed by atoms with Crippen LogP contribution in [0, 0.1) is 23.7 Å². The summed E-state index contributed by atoms with van der Waals surface area (Å²) < 4.78 is 0. The van der Waals surface area contributed by atoms with E-state index in [-0.39, 0.29) is 11.8 Å². The topological polar surface area (TPSA) is 74.6 Å². The van der Waals surface area contributed by atoms with Crippen LogP contribution in [0.25, 0.3) is 0 Å². The molecule has 2 aliphatic carbocycles. The maximum Gasteiger partial charge on any atom is 0.307 e. The highest BCUT2D eigenvalue weighted by atomic mass is 16.4. The zero-order valence-corrected chi connectivity index (χ0v) is 7.14. The summed E-state index contributed by atoms with van der Waals surface area (Å²) in [6, 6.07) is 0. The van der Waals surface area contributed by atoms with E-state index >= 15 is 0 Å². The lowest BCUT2D eigenvalue weighted by molar-refractivity contribution is -0.156. The van der Waals surface area contributed by atoms with Gasteiger partial charge in [-0.05, 0) is 31.1 Å². The molecule has 0 heterocycles. The Hall–Kier alpha value is -1.06. The number of aliphatic carboxylic acids is 2. The molecule has 0 aliphatic heterocycles. The maximum absolute atomic E-state index is 10.8. The summed E-state index contributed by atoms with van der Waals surface area (Å²) in [7, 11) is 0. The fourth-order valence-corrected chi connectivity index (χ4v) is 3.00. The van der Waals surface area contributed by atoms with Crippen molar-refractivity contribution < 1.29 is 19.8 Å². The van der Waals surface area contributed by atoms with Gasteiger partial charge in [-0.15, -0.1) is 0 Å². The van der Waals surface area contributed by atoms with Gasteiger partial charge < -0.3 is 10.2 Å². The third-order valence-corrected chi connectivity index (χ3v) is 3.49. The van der Waals surface area contributed by atoms with E-state index in [0.29, 0.717) is 0 Å². The van der Waals surface area contributed by atoms with E-state index in [1.165, 1.54) is 0 Å². The van der Waals surface area contributed by atoms with Crippen molar-refractivity contribution in [3.63, 3.8) is 0 Å². The van der Waals surface area contributed by atoms with Crippen molar-refractivity contribution in [2.24, 2.45) is 23.7 Å². The zero-order valence-electron chi connectivity index (χ0n) is 7.14. The average Bonchev–Trinajstić information content (AvgIpc) is 2.60. The second-order valence-corrected chi connectivity index (χ2v) is 4.06. The molecule has 0 aromatic carbocycles. The second kappa shape index (κ2) is 2.72. The maximum atomic E-state index is 10.8. The van der Waals surface area contributed by atoms with Crippen LogP contribution in [0.4, 0.5) is 0 Å². The lowest BCUT2D eigenvalue weighted by Crippen LogP contribution is -2.34. The van der Waals surface area contributed by atoms with E-state index in [9.17, 15) is 9.59 Å². The summed E-state index contributed by atoms with van der Waals surface area (Å²) in [5, 5.41) is 17.8. The Kier molecular flexibility index (Phi) is 1.78. The van der Waals surface area contributed by atoms with Gasteiger partial charge in [0.1, 0.15) is 0 Å². The molecule has 0 amide bonds. The van der Waals surface area contributed by atoms with Crippen LogP contribution in [0.5, 0.6) is 0 Å². The number of carboxylic acid groups (broad SMARTS) is 2. The van der Waals surface area contributed by atoms with Crippen LogP contribution in [0.1, 0.15) is 19.3 Å². The molecule has 0 unspecified atom stereocenters. The zero-order chi connectivity index (χ0) is 9.59. The smallest absolute Gasteiger partial charge is 0.307 e. The lowest BCUT2D eigenvalue weighted by Gasteiger charge is -2.24. The van der Waals surface area contributed by atoms with E-state index in [1.807, 2.05) is 0 Å². The first-order valence-corrected chi connectivity index (χ1v) is 4.57. The summed E-state index contributed by atoms with van der Waals surface area (Å²) >= 11 is 0. The van der Waals surface area contributed by atoms with Crippen molar-refractivity contribution in [2.45, 2.75) is 19.3 Å². The fraction of sp³-hybridized carbons (Fsp3) is 0.778. The monoisotopic (exact) mass is 184 g/mol. The summed E-state index contributed by atoms with van der Waals surface area (Å²) in [4.78, 5) is 21.7. The highest BCUT2D eigenvalue weighted by Crippen LogP contribution is 2.52. The van der Waals surface area contributed by atoms with Crippen LogP contribution in [-0.4, -0.2) is 22.2 Å². The van der Waals surface area contributed by atoms with Gasteiger partial charge in [-0.25, -0.2) is 0 Å². The van der Waals surface area contributed by atoms with E-state index in [0.717, 1.165) is 19.3 Å². The molecule has 72 valence electrons. The Morgan fingerprint density at radius 1 is 0.923 bits per heavy atom. The van der Waals surface area contributed by atoms with Crippen molar-refractivity contribution in [1.82, 2.24) is 0 Å². The van der Waals surface area contributed by atoms with Crippen molar-refractivity contribution >= 4 is 11.9 Å². The molecule has 0 aromatic heterocycles. The summed E-state index contributed by atoms with van der Waals surface area (Å²) in [5.41, 5.74) is 0. The van der Waals surface area contributed by atoms with Crippen molar-refractivity contribution in [3.8, 4) is 0 Å². The first-order valence-electron chi connectivity index (χ1n) is 4.57. The molecule has 2 aliphatic rings. The Bertz CT molecular complexity index is 234. The van der Waals surface area contributed by atoms with Crippen LogP contribution in [-0.2, 0) is 9.59 Å². The van der Waals surface area contributed by atoms with Gasteiger partial charge in [0.05, 0.1) is 11.8 Å². The third kappa shape index (κ3) is 1.12. The van der Waals surface area contributed by atoms with Crippen LogP contribution < -0.4 is 0 Å². The number of carboxylic acids is 2.